The zero-order valence-electron chi connectivity index (χ0n) is 17.5. The molecule has 1 saturated carbocycles. The topological polar surface area (TPSA) is 105 Å². The summed E-state index contributed by atoms with van der Waals surface area (Å²) in [5.74, 6) is 0.109. The number of benzene rings is 2. The number of nitrogens with one attached hydrogen (secondary N) is 1. The number of methoxy groups -OCH3 is 2. The third-order valence-corrected chi connectivity index (χ3v) is 5.36. The van der Waals surface area contributed by atoms with E-state index in [2.05, 4.69) is 15.6 Å². The highest BCUT2D eigenvalue weighted by Crippen LogP contribution is 2.25. The molecule has 0 unspecified atom stereocenters. The van der Waals surface area contributed by atoms with E-state index in [0.717, 1.165) is 36.8 Å². The number of hydrogen-bond donors (Lipinski definition) is 1. The van der Waals surface area contributed by atoms with E-state index < -0.39 is 12.1 Å². The maximum Gasteiger partial charge on any atom is 0.411 e. The summed E-state index contributed by atoms with van der Waals surface area (Å²) in [6, 6.07) is 10.5. The summed E-state index contributed by atoms with van der Waals surface area (Å²) < 4.78 is 17.4. The maximum absolute atomic E-state index is 12.2. The Morgan fingerprint density at radius 3 is 2.68 bits per heavy atom. The Kier molecular flexibility index (Phi) is 6.01. The van der Waals surface area contributed by atoms with Gasteiger partial charge in [-0.05, 0) is 56.0 Å². The second-order valence-electron chi connectivity index (χ2n) is 7.41. The Labute approximate surface area is 179 Å². The number of ether oxygens (including phenoxy) is 3. The molecule has 1 heterocycles. The van der Waals surface area contributed by atoms with Crippen LogP contribution >= 0.6 is 0 Å². The number of amides is 1. The first-order valence-corrected chi connectivity index (χ1v) is 10.1. The molecule has 1 aliphatic rings. The van der Waals surface area contributed by atoms with Crippen molar-refractivity contribution in [3.63, 3.8) is 0 Å². The van der Waals surface area contributed by atoms with Crippen molar-refractivity contribution in [2.24, 2.45) is 0 Å². The zero-order valence-corrected chi connectivity index (χ0v) is 17.5. The summed E-state index contributed by atoms with van der Waals surface area (Å²) in [5, 5.41) is 11.2. The van der Waals surface area contributed by atoms with Crippen LogP contribution in [0.2, 0.25) is 0 Å². The summed E-state index contributed by atoms with van der Waals surface area (Å²) in [6.45, 7) is 0.372. The highest BCUT2D eigenvalue weighted by atomic mass is 16.6. The lowest BCUT2D eigenvalue weighted by Gasteiger charge is -2.13. The van der Waals surface area contributed by atoms with E-state index >= 15 is 0 Å². The average molecular weight is 424 g/mol. The number of carbonyl (C=O) groups excluding carboxylic acids is 2. The number of fused-ring (bicyclic) bond motifs is 1. The van der Waals surface area contributed by atoms with Gasteiger partial charge in [0.1, 0.15) is 17.4 Å². The number of anilines is 1. The van der Waals surface area contributed by atoms with E-state index in [1.54, 1.807) is 41.1 Å². The van der Waals surface area contributed by atoms with Crippen molar-refractivity contribution in [1.82, 2.24) is 15.0 Å². The van der Waals surface area contributed by atoms with E-state index in [-0.39, 0.29) is 6.10 Å². The minimum atomic E-state index is -0.453. The quantitative estimate of drug-likeness (QED) is 0.601. The van der Waals surface area contributed by atoms with Crippen molar-refractivity contribution < 1.29 is 23.8 Å². The van der Waals surface area contributed by atoms with Gasteiger partial charge in [0.15, 0.2) is 0 Å². The van der Waals surface area contributed by atoms with Gasteiger partial charge in [0.25, 0.3) is 0 Å². The fourth-order valence-corrected chi connectivity index (χ4v) is 3.75. The highest BCUT2D eigenvalue weighted by Gasteiger charge is 2.19. The molecule has 1 aromatic heterocycles. The van der Waals surface area contributed by atoms with Gasteiger partial charge in [-0.2, -0.15) is 0 Å². The molecule has 0 radical (unpaired) electrons. The molecule has 4 rings (SSSR count). The predicted molar refractivity (Wildman–Crippen MR) is 113 cm³/mol. The molecular formula is C22H24N4O5. The van der Waals surface area contributed by atoms with E-state index in [9.17, 15) is 9.59 Å². The minimum absolute atomic E-state index is 0.00338. The molecule has 162 valence electrons. The van der Waals surface area contributed by atoms with Crippen LogP contribution in [-0.4, -0.2) is 47.4 Å². The lowest BCUT2D eigenvalue weighted by molar-refractivity contribution is 0.0600. The third kappa shape index (κ3) is 4.60. The molecule has 2 aromatic carbocycles. The molecule has 0 spiro atoms. The van der Waals surface area contributed by atoms with Gasteiger partial charge in [-0.25, -0.2) is 14.3 Å². The Morgan fingerprint density at radius 2 is 1.94 bits per heavy atom. The molecule has 1 aliphatic carbocycles. The number of hydrogen-bond acceptors (Lipinski definition) is 7. The van der Waals surface area contributed by atoms with Crippen molar-refractivity contribution in [2.75, 3.05) is 19.5 Å². The number of carbonyl (C=O) groups is 2. The largest absolute Gasteiger partial charge is 0.496 e. The van der Waals surface area contributed by atoms with Crippen LogP contribution in [0.1, 0.15) is 41.6 Å². The van der Waals surface area contributed by atoms with Gasteiger partial charge >= 0.3 is 12.1 Å². The van der Waals surface area contributed by atoms with Crippen LogP contribution in [0.5, 0.6) is 5.75 Å². The first-order valence-electron chi connectivity index (χ1n) is 10.1. The van der Waals surface area contributed by atoms with Crippen LogP contribution in [-0.2, 0) is 16.0 Å². The van der Waals surface area contributed by atoms with Crippen LogP contribution in [0.4, 0.5) is 10.5 Å². The minimum Gasteiger partial charge on any atom is -0.496 e. The SMILES string of the molecule is COC(=O)c1ccc(Cn2nnc3ccc(NC(=O)OC4CCCC4)cc32)c(OC)c1. The van der Waals surface area contributed by atoms with Gasteiger partial charge in [0.05, 0.1) is 31.8 Å². The molecule has 0 atom stereocenters. The lowest BCUT2D eigenvalue weighted by Crippen LogP contribution is -2.20. The standard InChI is InChI=1S/C22H24N4O5/c1-29-20-11-14(21(27)30-2)7-8-15(20)13-26-19-12-16(9-10-18(19)24-25-26)23-22(28)31-17-5-3-4-6-17/h7-12,17H,3-6,13H2,1-2H3,(H,23,28). The third-order valence-electron chi connectivity index (χ3n) is 5.36. The molecular weight excluding hydrogens is 400 g/mol. The smallest absolute Gasteiger partial charge is 0.411 e. The summed E-state index contributed by atoms with van der Waals surface area (Å²) >= 11 is 0. The fourth-order valence-electron chi connectivity index (χ4n) is 3.75. The Bertz CT molecular complexity index is 1100. The number of aromatic nitrogens is 3. The van der Waals surface area contributed by atoms with E-state index in [1.807, 2.05) is 0 Å². The van der Waals surface area contributed by atoms with Crippen molar-refractivity contribution in [3.05, 3.63) is 47.5 Å². The van der Waals surface area contributed by atoms with Gasteiger partial charge in [0, 0.05) is 11.3 Å². The molecule has 1 N–H and O–H groups in total. The second-order valence-corrected chi connectivity index (χ2v) is 7.41. The van der Waals surface area contributed by atoms with Gasteiger partial charge in [-0.15, -0.1) is 5.10 Å². The maximum atomic E-state index is 12.2. The Hall–Kier alpha value is -3.62. The van der Waals surface area contributed by atoms with E-state index in [0.29, 0.717) is 29.1 Å². The van der Waals surface area contributed by atoms with Crippen molar-refractivity contribution >= 4 is 28.8 Å². The predicted octanol–water partition coefficient (Wildman–Crippen LogP) is 3.77. The fraction of sp³-hybridized carbons (Fsp3) is 0.364. The second kappa shape index (κ2) is 9.03. The van der Waals surface area contributed by atoms with Crippen LogP contribution in [0.3, 0.4) is 0 Å². The van der Waals surface area contributed by atoms with Gasteiger partial charge in [0.2, 0.25) is 0 Å². The summed E-state index contributed by atoms with van der Waals surface area (Å²) in [5.41, 5.74) is 3.27. The molecule has 31 heavy (non-hydrogen) atoms. The first kappa shape index (κ1) is 20.6. The van der Waals surface area contributed by atoms with Crippen molar-refractivity contribution in [3.8, 4) is 5.75 Å². The molecule has 0 saturated heterocycles. The highest BCUT2D eigenvalue weighted by molar-refractivity contribution is 5.90. The molecule has 0 bridgehead atoms. The zero-order chi connectivity index (χ0) is 21.8. The van der Waals surface area contributed by atoms with E-state index in [4.69, 9.17) is 14.2 Å². The molecule has 1 amide bonds. The lowest BCUT2D eigenvalue weighted by atomic mass is 10.1. The van der Waals surface area contributed by atoms with Crippen LogP contribution in [0, 0.1) is 0 Å². The number of rotatable bonds is 6. The van der Waals surface area contributed by atoms with Crippen LogP contribution in [0.25, 0.3) is 11.0 Å². The number of nitrogens with zero attached hydrogens (tertiary/aromatic N) is 3. The summed E-state index contributed by atoms with van der Waals surface area (Å²) in [6.07, 6.45) is 3.57. The van der Waals surface area contributed by atoms with Crippen molar-refractivity contribution in [1.29, 1.82) is 0 Å². The van der Waals surface area contributed by atoms with Crippen LogP contribution < -0.4 is 10.1 Å². The number of esters is 1. The molecule has 1 fully saturated rings. The Morgan fingerprint density at radius 1 is 1.13 bits per heavy atom. The monoisotopic (exact) mass is 424 g/mol. The average Bonchev–Trinajstić information content (AvgIpc) is 3.43. The van der Waals surface area contributed by atoms with Gasteiger partial charge in [-0.1, -0.05) is 11.3 Å². The summed E-state index contributed by atoms with van der Waals surface area (Å²) in [7, 11) is 2.87. The molecule has 3 aromatic rings. The first-order chi connectivity index (χ1) is 15.1. The molecule has 9 nitrogen and oxygen atoms in total. The molecule has 9 heteroatoms. The Balaban J connectivity index is 1.54. The summed E-state index contributed by atoms with van der Waals surface area (Å²) in [4.78, 5) is 24.0. The van der Waals surface area contributed by atoms with Crippen LogP contribution in [0.15, 0.2) is 36.4 Å². The molecule has 0 aliphatic heterocycles. The van der Waals surface area contributed by atoms with E-state index in [1.165, 1.54) is 14.2 Å². The van der Waals surface area contributed by atoms with Gasteiger partial charge < -0.3 is 14.2 Å². The van der Waals surface area contributed by atoms with Crippen molar-refractivity contribution in [2.45, 2.75) is 38.3 Å². The normalized spacial score (nSPS) is 13.9. The van der Waals surface area contributed by atoms with Gasteiger partial charge in [-0.3, -0.25) is 5.32 Å².